The smallest absolute Gasteiger partial charge is 0.255 e. The van der Waals surface area contributed by atoms with Crippen molar-refractivity contribution in [3.63, 3.8) is 0 Å². The Morgan fingerprint density at radius 3 is 2.94 bits per heavy atom. The summed E-state index contributed by atoms with van der Waals surface area (Å²) < 4.78 is 4.01. The van der Waals surface area contributed by atoms with Gasteiger partial charge in [0.05, 0.1) is 0 Å². The first-order chi connectivity index (χ1) is 8.49. The third kappa shape index (κ3) is 2.56. The van der Waals surface area contributed by atoms with Crippen molar-refractivity contribution >= 4 is 28.3 Å². The number of likely N-dealkylation sites (tertiary alicyclic amines) is 1. The summed E-state index contributed by atoms with van der Waals surface area (Å²) in [6, 6.07) is 0. The molecule has 0 spiro atoms. The molecule has 1 fully saturated rings. The number of aromatic nitrogens is 1. The number of nitrogen functional groups attached to an aromatic ring is 1. The summed E-state index contributed by atoms with van der Waals surface area (Å²) in [5.41, 5.74) is 11.4. The van der Waals surface area contributed by atoms with Gasteiger partial charge >= 0.3 is 0 Å². The molecule has 1 saturated heterocycles. The van der Waals surface area contributed by atoms with Crippen molar-refractivity contribution in [3.8, 4) is 0 Å². The molecule has 0 saturated carbocycles. The molecule has 1 atom stereocenters. The first-order valence-electron chi connectivity index (χ1n) is 5.93. The predicted molar refractivity (Wildman–Crippen MR) is 73.9 cm³/mol. The van der Waals surface area contributed by atoms with Crippen molar-refractivity contribution in [3.05, 3.63) is 5.56 Å². The monoisotopic (exact) mass is 269 g/mol. The maximum atomic E-state index is 11.4. The molecule has 0 aromatic carbocycles. The molecule has 0 aliphatic carbocycles. The second-order valence-corrected chi connectivity index (χ2v) is 5.66. The predicted octanol–water partition coefficient (Wildman–Crippen LogP) is 0.212. The van der Waals surface area contributed by atoms with Crippen molar-refractivity contribution in [2.75, 3.05) is 44.4 Å². The van der Waals surface area contributed by atoms with Crippen LogP contribution in [0.15, 0.2) is 0 Å². The maximum absolute atomic E-state index is 11.4. The van der Waals surface area contributed by atoms with Gasteiger partial charge in [0.15, 0.2) is 5.82 Å². The number of carbonyl (C=O) groups excluding carboxylic acids is 1. The van der Waals surface area contributed by atoms with E-state index in [9.17, 15) is 4.79 Å². The minimum atomic E-state index is -0.508. The van der Waals surface area contributed by atoms with E-state index in [2.05, 4.69) is 16.3 Å². The lowest BCUT2D eigenvalue weighted by Crippen LogP contribution is -2.28. The van der Waals surface area contributed by atoms with Crippen LogP contribution in [-0.4, -0.2) is 48.9 Å². The average molecular weight is 269 g/mol. The Labute approximate surface area is 111 Å². The first kappa shape index (κ1) is 13.1. The zero-order valence-corrected chi connectivity index (χ0v) is 11.5. The van der Waals surface area contributed by atoms with Crippen LogP contribution < -0.4 is 16.4 Å². The van der Waals surface area contributed by atoms with E-state index in [1.165, 1.54) is 18.0 Å². The van der Waals surface area contributed by atoms with E-state index < -0.39 is 5.91 Å². The highest BCUT2D eigenvalue weighted by Gasteiger charge is 2.24. The van der Waals surface area contributed by atoms with E-state index in [1.54, 1.807) is 0 Å². The highest BCUT2D eigenvalue weighted by atomic mass is 32.1. The summed E-state index contributed by atoms with van der Waals surface area (Å²) in [5, 5.41) is 0.773. The number of nitrogens with zero attached hydrogens (tertiary/aromatic N) is 3. The molecule has 1 aliphatic heterocycles. The van der Waals surface area contributed by atoms with Crippen molar-refractivity contribution in [1.29, 1.82) is 0 Å². The third-order valence-electron chi connectivity index (χ3n) is 3.31. The zero-order chi connectivity index (χ0) is 13.3. The molecule has 0 bridgehead atoms. The van der Waals surface area contributed by atoms with Crippen LogP contribution in [0.5, 0.6) is 0 Å². The van der Waals surface area contributed by atoms with E-state index in [4.69, 9.17) is 11.5 Å². The van der Waals surface area contributed by atoms with Crippen molar-refractivity contribution in [1.82, 2.24) is 9.27 Å². The molecule has 1 amide bonds. The number of anilines is 2. The lowest BCUT2D eigenvalue weighted by molar-refractivity contribution is 0.100. The van der Waals surface area contributed by atoms with E-state index in [1.807, 2.05) is 11.9 Å². The highest BCUT2D eigenvalue weighted by Crippen LogP contribution is 2.30. The summed E-state index contributed by atoms with van der Waals surface area (Å²) in [6.45, 7) is 3.11. The molecule has 100 valence electrons. The molecule has 2 rings (SSSR count). The minimum absolute atomic E-state index is 0.234. The second kappa shape index (κ2) is 5.11. The van der Waals surface area contributed by atoms with Gasteiger partial charge in [-0.3, -0.25) is 4.79 Å². The lowest BCUT2D eigenvalue weighted by Gasteiger charge is -2.21. The number of carbonyl (C=O) groups is 1. The third-order valence-corrected chi connectivity index (χ3v) is 4.29. The van der Waals surface area contributed by atoms with E-state index >= 15 is 0 Å². The van der Waals surface area contributed by atoms with E-state index in [-0.39, 0.29) is 5.82 Å². The van der Waals surface area contributed by atoms with Gasteiger partial charge in [-0.05, 0) is 37.5 Å². The zero-order valence-electron chi connectivity index (χ0n) is 10.7. The van der Waals surface area contributed by atoms with Gasteiger partial charge in [0, 0.05) is 20.1 Å². The molecule has 6 nitrogen and oxygen atoms in total. The van der Waals surface area contributed by atoms with Crippen molar-refractivity contribution in [2.45, 2.75) is 6.42 Å². The molecule has 1 unspecified atom stereocenters. The van der Waals surface area contributed by atoms with Crippen molar-refractivity contribution in [2.24, 2.45) is 11.7 Å². The van der Waals surface area contributed by atoms with Gasteiger partial charge in [-0.2, -0.15) is 4.37 Å². The number of rotatable bonds is 4. The molecule has 2 heterocycles. The van der Waals surface area contributed by atoms with Gasteiger partial charge in [0.1, 0.15) is 10.6 Å². The maximum Gasteiger partial charge on any atom is 0.255 e. The molecular weight excluding hydrogens is 250 g/mol. The minimum Gasteiger partial charge on any atom is -0.382 e. The van der Waals surface area contributed by atoms with Crippen LogP contribution in [0.4, 0.5) is 10.8 Å². The summed E-state index contributed by atoms with van der Waals surface area (Å²) >= 11 is 1.23. The van der Waals surface area contributed by atoms with E-state index in [0.29, 0.717) is 11.5 Å². The van der Waals surface area contributed by atoms with Gasteiger partial charge in [-0.15, -0.1) is 0 Å². The second-order valence-electron chi connectivity index (χ2n) is 4.91. The highest BCUT2D eigenvalue weighted by molar-refractivity contribution is 7.11. The van der Waals surface area contributed by atoms with Crippen LogP contribution in [-0.2, 0) is 0 Å². The van der Waals surface area contributed by atoms with Gasteiger partial charge in [-0.25, -0.2) is 0 Å². The Morgan fingerprint density at radius 1 is 1.67 bits per heavy atom. The first-order valence-corrected chi connectivity index (χ1v) is 6.71. The molecule has 1 aromatic heterocycles. The summed E-state index contributed by atoms with van der Waals surface area (Å²) in [5.74, 6) is 0.341. The number of hydrogen-bond donors (Lipinski definition) is 2. The van der Waals surface area contributed by atoms with Crippen LogP contribution in [0, 0.1) is 5.92 Å². The molecule has 1 aromatic rings. The average Bonchev–Trinajstić information content (AvgIpc) is 2.84. The Balaban J connectivity index is 2.09. The quantitative estimate of drug-likeness (QED) is 0.816. The van der Waals surface area contributed by atoms with Crippen LogP contribution in [0.1, 0.15) is 16.8 Å². The topological polar surface area (TPSA) is 88.5 Å². The fraction of sp³-hybridized carbons (Fsp3) is 0.636. The Morgan fingerprint density at radius 2 is 2.39 bits per heavy atom. The fourth-order valence-corrected chi connectivity index (χ4v) is 3.22. The van der Waals surface area contributed by atoms with Crippen LogP contribution in [0.25, 0.3) is 0 Å². The van der Waals surface area contributed by atoms with Gasteiger partial charge < -0.3 is 21.3 Å². The molecule has 1 aliphatic rings. The Bertz CT molecular complexity index is 447. The number of primary amides is 1. The summed E-state index contributed by atoms with van der Waals surface area (Å²) in [4.78, 5) is 15.7. The fourth-order valence-electron chi connectivity index (χ4n) is 2.43. The van der Waals surface area contributed by atoms with Crippen LogP contribution >= 0.6 is 11.5 Å². The van der Waals surface area contributed by atoms with Gasteiger partial charge in [-0.1, -0.05) is 0 Å². The van der Waals surface area contributed by atoms with Crippen LogP contribution in [0.2, 0.25) is 0 Å². The van der Waals surface area contributed by atoms with Gasteiger partial charge in [0.2, 0.25) is 0 Å². The molecule has 4 N–H and O–H groups in total. The summed E-state index contributed by atoms with van der Waals surface area (Å²) in [6.07, 6.45) is 1.18. The molecule has 7 heteroatoms. The molecular formula is C11H19N5OS. The number of hydrogen-bond acceptors (Lipinski definition) is 6. The Hall–Kier alpha value is -1.34. The lowest BCUT2D eigenvalue weighted by atomic mass is 10.1. The Kier molecular flexibility index (Phi) is 3.72. The normalized spacial score (nSPS) is 20.2. The molecule has 0 radical (unpaired) electrons. The van der Waals surface area contributed by atoms with Crippen molar-refractivity contribution < 1.29 is 4.79 Å². The van der Waals surface area contributed by atoms with Crippen LogP contribution in [0.3, 0.4) is 0 Å². The molecule has 18 heavy (non-hydrogen) atoms. The van der Waals surface area contributed by atoms with E-state index in [0.717, 1.165) is 24.6 Å². The number of nitrogens with two attached hydrogens (primary N) is 2. The standard InChI is InChI=1S/C11H19N5OS/c1-15-4-3-7(5-15)6-16(2)11-8(10(13)17)9(12)14-18-11/h7H,3-6H2,1-2H3,(H2,12,14)(H2,13,17). The number of amides is 1. The van der Waals surface area contributed by atoms with Gasteiger partial charge in [0.25, 0.3) is 5.91 Å². The summed E-state index contributed by atoms with van der Waals surface area (Å²) in [7, 11) is 4.08. The SMILES string of the molecule is CN1CCC(CN(C)c2snc(N)c2C(N)=O)C1. The largest absolute Gasteiger partial charge is 0.382 e.